The molecule has 0 saturated carbocycles. The lowest BCUT2D eigenvalue weighted by atomic mass is 9.99. The van der Waals surface area contributed by atoms with Crippen molar-refractivity contribution >= 4 is 0 Å². The van der Waals surface area contributed by atoms with Crippen molar-refractivity contribution in [1.82, 2.24) is 20.1 Å². The van der Waals surface area contributed by atoms with Crippen LogP contribution in [0.25, 0.3) is 0 Å². The first-order chi connectivity index (χ1) is 9.15. The second-order valence-electron chi connectivity index (χ2n) is 4.84. The molecule has 19 heavy (non-hydrogen) atoms. The van der Waals surface area contributed by atoms with E-state index in [0.29, 0.717) is 0 Å². The topological polar surface area (TPSA) is 42.7 Å². The molecular formula is C15H22N4. The fourth-order valence-corrected chi connectivity index (χ4v) is 2.42. The summed E-state index contributed by atoms with van der Waals surface area (Å²) >= 11 is 0. The van der Waals surface area contributed by atoms with Gasteiger partial charge in [-0.15, -0.1) is 0 Å². The van der Waals surface area contributed by atoms with E-state index in [1.165, 1.54) is 16.7 Å². The third-order valence-electron chi connectivity index (χ3n) is 3.22. The minimum atomic E-state index is 0.168. The zero-order chi connectivity index (χ0) is 13.8. The van der Waals surface area contributed by atoms with Crippen LogP contribution in [0.3, 0.4) is 0 Å². The number of nitrogens with one attached hydrogen (secondary N) is 1. The highest BCUT2D eigenvalue weighted by Gasteiger charge is 2.19. The molecule has 0 aliphatic rings. The summed E-state index contributed by atoms with van der Waals surface area (Å²) in [5.41, 5.74) is 4.78. The van der Waals surface area contributed by atoms with Gasteiger partial charge < -0.3 is 5.32 Å². The van der Waals surface area contributed by atoms with Crippen LogP contribution in [0.5, 0.6) is 0 Å². The van der Waals surface area contributed by atoms with Gasteiger partial charge in [0.25, 0.3) is 0 Å². The molecule has 102 valence electrons. The Labute approximate surface area is 114 Å². The minimum Gasteiger partial charge on any atom is -0.306 e. The number of hydrogen-bond acceptors (Lipinski definition) is 3. The Balaban J connectivity index is 2.44. The van der Waals surface area contributed by atoms with E-state index >= 15 is 0 Å². The van der Waals surface area contributed by atoms with E-state index in [0.717, 1.165) is 18.7 Å². The normalized spacial score (nSPS) is 12.6. The molecular weight excluding hydrogens is 236 g/mol. The van der Waals surface area contributed by atoms with Crippen LogP contribution in [-0.4, -0.2) is 21.3 Å². The molecule has 2 heterocycles. The first-order valence-electron chi connectivity index (χ1n) is 6.83. The van der Waals surface area contributed by atoms with Crippen molar-refractivity contribution in [3.63, 3.8) is 0 Å². The molecule has 0 aromatic carbocycles. The van der Waals surface area contributed by atoms with Gasteiger partial charge in [0.05, 0.1) is 11.7 Å². The molecule has 2 aromatic heterocycles. The van der Waals surface area contributed by atoms with Gasteiger partial charge in [0.2, 0.25) is 0 Å². The molecule has 0 aliphatic heterocycles. The predicted molar refractivity (Wildman–Crippen MR) is 77.1 cm³/mol. The molecule has 2 aromatic rings. The smallest absolute Gasteiger partial charge is 0.0673 e. The van der Waals surface area contributed by atoms with Gasteiger partial charge in [-0.1, -0.05) is 19.9 Å². The second kappa shape index (κ2) is 5.97. The predicted octanol–water partition coefficient (Wildman–Crippen LogP) is 2.38. The van der Waals surface area contributed by atoms with E-state index < -0.39 is 0 Å². The van der Waals surface area contributed by atoms with Crippen LogP contribution in [0, 0.1) is 6.92 Å². The molecule has 0 radical (unpaired) electrons. The van der Waals surface area contributed by atoms with Gasteiger partial charge in [0, 0.05) is 31.2 Å². The molecule has 0 fully saturated rings. The van der Waals surface area contributed by atoms with Crippen LogP contribution >= 0.6 is 0 Å². The molecule has 4 heteroatoms. The van der Waals surface area contributed by atoms with Crippen molar-refractivity contribution < 1.29 is 0 Å². The first-order valence-corrected chi connectivity index (χ1v) is 6.83. The third kappa shape index (κ3) is 3.01. The summed E-state index contributed by atoms with van der Waals surface area (Å²) < 4.78 is 1.89. The molecule has 0 saturated heterocycles. The SMILES string of the molecule is CCNC(c1cncc(C)c1)c1cn(C)nc1CC. The van der Waals surface area contributed by atoms with Crippen LogP contribution in [-0.2, 0) is 13.5 Å². The van der Waals surface area contributed by atoms with Gasteiger partial charge in [-0.2, -0.15) is 5.10 Å². The van der Waals surface area contributed by atoms with E-state index in [-0.39, 0.29) is 6.04 Å². The van der Waals surface area contributed by atoms with E-state index in [1.54, 1.807) is 0 Å². The zero-order valence-electron chi connectivity index (χ0n) is 12.1. The average Bonchev–Trinajstić information content (AvgIpc) is 2.77. The lowest BCUT2D eigenvalue weighted by Crippen LogP contribution is -2.22. The summed E-state index contributed by atoms with van der Waals surface area (Å²) in [7, 11) is 1.97. The Bertz CT molecular complexity index is 545. The summed E-state index contributed by atoms with van der Waals surface area (Å²) in [5, 5.41) is 8.07. The Morgan fingerprint density at radius 3 is 2.74 bits per heavy atom. The van der Waals surface area contributed by atoms with E-state index in [2.05, 4.69) is 48.4 Å². The van der Waals surface area contributed by atoms with Crippen LogP contribution in [0.4, 0.5) is 0 Å². The maximum absolute atomic E-state index is 4.54. The van der Waals surface area contributed by atoms with E-state index in [4.69, 9.17) is 0 Å². The van der Waals surface area contributed by atoms with Crippen LogP contribution in [0.15, 0.2) is 24.7 Å². The monoisotopic (exact) mass is 258 g/mol. The highest BCUT2D eigenvalue weighted by atomic mass is 15.3. The van der Waals surface area contributed by atoms with Crippen LogP contribution < -0.4 is 5.32 Å². The standard InChI is InChI=1S/C15H22N4/c1-5-14-13(10-19(4)18-14)15(17-6-2)12-7-11(3)8-16-9-12/h7-10,15,17H,5-6H2,1-4H3. The molecule has 1 unspecified atom stereocenters. The first kappa shape index (κ1) is 13.7. The van der Waals surface area contributed by atoms with Crippen molar-refractivity contribution in [3.05, 3.63) is 47.0 Å². The summed E-state index contributed by atoms with van der Waals surface area (Å²) in [6.45, 7) is 7.25. The molecule has 0 amide bonds. The molecule has 2 rings (SSSR count). The van der Waals surface area contributed by atoms with Crippen LogP contribution in [0.2, 0.25) is 0 Å². The Morgan fingerprint density at radius 1 is 1.32 bits per heavy atom. The van der Waals surface area contributed by atoms with Gasteiger partial charge in [-0.25, -0.2) is 0 Å². The third-order valence-corrected chi connectivity index (χ3v) is 3.22. The van der Waals surface area contributed by atoms with Gasteiger partial charge in [-0.3, -0.25) is 9.67 Å². The number of pyridine rings is 1. The van der Waals surface area contributed by atoms with Crippen molar-refractivity contribution in [2.24, 2.45) is 7.05 Å². The van der Waals surface area contributed by atoms with Crippen molar-refractivity contribution in [2.75, 3.05) is 6.54 Å². The van der Waals surface area contributed by atoms with E-state index in [1.807, 2.05) is 24.1 Å². The number of aromatic nitrogens is 3. The fraction of sp³-hybridized carbons (Fsp3) is 0.467. The minimum absolute atomic E-state index is 0.168. The molecule has 0 bridgehead atoms. The summed E-state index contributed by atoms with van der Waals surface area (Å²) in [6.07, 6.45) is 6.87. The Morgan fingerprint density at radius 2 is 2.11 bits per heavy atom. The lowest BCUT2D eigenvalue weighted by Gasteiger charge is -2.18. The van der Waals surface area contributed by atoms with Gasteiger partial charge in [0.1, 0.15) is 0 Å². The van der Waals surface area contributed by atoms with Crippen molar-refractivity contribution in [3.8, 4) is 0 Å². The molecule has 1 N–H and O–H groups in total. The quantitative estimate of drug-likeness (QED) is 0.895. The van der Waals surface area contributed by atoms with Crippen LogP contribution in [0.1, 0.15) is 42.3 Å². The second-order valence-corrected chi connectivity index (χ2v) is 4.84. The average molecular weight is 258 g/mol. The molecule has 1 atom stereocenters. The summed E-state index contributed by atoms with van der Waals surface area (Å²) in [5.74, 6) is 0. The summed E-state index contributed by atoms with van der Waals surface area (Å²) in [6, 6.07) is 2.35. The van der Waals surface area contributed by atoms with Gasteiger partial charge in [-0.05, 0) is 31.0 Å². The lowest BCUT2D eigenvalue weighted by molar-refractivity contribution is 0.623. The van der Waals surface area contributed by atoms with Crippen molar-refractivity contribution in [2.45, 2.75) is 33.2 Å². The molecule has 4 nitrogen and oxygen atoms in total. The number of hydrogen-bond donors (Lipinski definition) is 1. The Hall–Kier alpha value is -1.68. The van der Waals surface area contributed by atoms with Crippen molar-refractivity contribution in [1.29, 1.82) is 0 Å². The summed E-state index contributed by atoms with van der Waals surface area (Å²) in [4.78, 5) is 4.31. The largest absolute Gasteiger partial charge is 0.306 e. The highest BCUT2D eigenvalue weighted by molar-refractivity contribution is 5.33. The van der Waals surface area contributed by atoms with E-state index in [9.17, 15) is 0 Å². The van der Waals surface area contributed by atoms with Gasteiger partial charge in [0.15, 0.2) is 0 Å². The maximum atomic E-state index is 4.54. The number of rotatable bonds is 5. The maximum Gasteiger partial charge on any atom is 0.0673 e. The highest BCUT2D eigenvalue weighted by Crippen LogP contribution is 2.24. The molecule has 0 aliphatic carbocycles. The fourth-order valence-electron chi connectivity index (χ4n) is 2.42. The molecule has 0 spiro atoms. The number of nitrogens with zero attached hydrogens (tertiary/aromatic N) is 3. The zero-order valence-corrected chi connectivity index (χ0v) is 12.1. The van der Waals surface area contributed by atoms with Gasteiger partial charge >= 0.3 is 0 Å². The Kier molecular flexibility index (Phi) is 4.32. The number of aryl methyl sites for hydroxylation is 3.